The van der Waals surface area contributed by atoms with E-state index in [9.17, 15) is 18.0 Å². The molecule has 0 radical (unpaired) electrons. The predicted molar refractivity (Wildman–Crippen MR) is 72.5 cm³/mol. The van der Waals surface area contributed by atoms with Crippen molar-refractivity contribution in [2.45, 2.75) is 33.9 Å². The minimum Gasteiger partial charge on any atom is -0.355 e. The van der Waals surface area contributed by atoms with Crippen molar-refractivity contribution >= 4 is 17.5 Å². The highest BCUT2D eigenvalue weighted by atomic mass is 35.5. The molecule has 1 rings (SSSR count). The van der Waals surface area contributed by atoms with E-state index in [-0.39, 0.29) is 5.56 Å². The van der Waals surface area contributed by atoms with E-state index in [1.54, 1.807) is 0 Å². The second-order valence-electron chi connectivity index (χ2n) is 2.77. The van der Waals surface area contributed by atoms with Gasteiger partial charge >= 0.3 is 6.18 Å². The first-order valence-electron chi connectivity index (χ1n) is 5.95. The standard InChI is InChI=1S/C9H7ClF3NO.2C2H6/c1-14-8(15)5-2-3-7(10)6(4-5)9(11,12)13;2*1-2/h2-4H,1H3,(H,14,15);2*1-2H3. The number of carbonyl (C=O) groups excluding carboxylic acids is 1. The summed E-state index contributed by atoms with van der Waals surface area (Å²) in [4.78, 5) is 11.1. The molecule has 0 unspecified atom stereocenters. The molecule has 0 aliphatic rings. The highest BCUT2D eigenvalue weighted by molar-refractivity contribution is 6.31. The summed E-state index contributed by atoms with van der Waals surface area (Å²) in [5, 5.41) is 1.81. The normalized spacial score (nSPS) is 9.53. The van der Waals surface area contributed by atoms with Crippen LogP contribution in [0.5, 0.6) is 0 Å². The molecule has 1 amide bonds. The van der Waals surface area contributed by atoms with E-state index in [0.717, 1.165) is 12.1 Å². The molecule has 19 heavy (non-hydrogen) atoms. The summed E-state index contributed by atoms with van der Waals surface area (Å²) < 4.78 is 37.1. The van der Waals surface area contributed by atoms with Crippen LogP contribution in [0.3, 0.4) is 0 Å². The van der Waals surface area contributed by atoms with Gasteiger partial charge in [-0.25, -0.2) is 0 Å². The maximum Gasteiger partial charge on any atom is 0.417 e. The number of benzene rings is 1. The molecule has 110 valence electrons. The minimum absolute atomic E-state index is 0.0748. The van der Waals surface area contributed by atoms with E-state index in [0.29, 0.717) is 0 Å². The smallest absolute Gasteiger partial charge is 0.355 e. The number of rotatable bonds is 1. The Bertz CT molecular complexity index is 392. The Morgan fingerprint density at radius 3 is 2.00 bits per heavy atom. The molecule has 0 aromatic heterocycles. The molecule has 0 bridgehead atoms. The van der Waals surface area contributed by atoms with Crippen molar-refractivity contribution in [1.29, 1.82) is 0 Å². The Hall–Kier alpha value is -1.23. The summed E-state index contributed by atoms with van der Waals surface area (Å²) in [6.45, 7) is 8.00. The molecule has 0 aliphatic heterocycles. The second-order valence-corrected chi connectivity index (χ2v) is 3.18. The van der Waals surface area contributed by atoms with Crippen molar-refractivity contribution in [2.75, 3.05) is 7.05 Å². The van der Waals surface area contributed by atoms with Crippen LogP contribution in [0.15, 0.2) is 18.2 Å². The molecule has 1 N–H and O–H groups in total. The van der Waals surface area contributed by atoms with Gasteiger partial charge in [0, 0.05) is 12.6 Å². The first-order valence-corrected chi connectivity index (χ1v) is 6.33. The minimum atomic E-state index is -4.55. The lowest BCUT2D eigenvalue weighted by atomic mass is 10.1. The Balaban J connectivity index is 0. The van der Waals surface area contributed by atoms with Crippen LogP contribution in [0.1, 0.15) is 43.6 Å². The Labute approximate surface area is 117 Å². The lowest BCUT2D eigenvalue weighted by Crippen LogP contribution is -2.18. The van der Waals surface area contributed by atoms with E-state index in [4.69, 9.17) is 11.6 Å². The van der Waals surface area contributed by atoms with Crippen LogP contribution < -0.4 is 5.32 Å². The van der Waals surface area contributed by atoms with E-state index < -0.39 is 22.7 Å². The first-order chi connectivity index (χ1) is 8.86. The average molecular weight is 298 g/mol. The number of hydrogen-bond donors (Lipinski definition) is 1. The van der Waals surface area contributed by atoms with Gasteiger partial charge < -0.3 is 5.32 Å². The van der Waals surface area contributed by atoms with Crippen LogP contribution in [0.4, 0.5) is 13.2 Å². The number of halogens is 4. The number of hydrogen-bond acceptors (Lipinski definition) is 1. The summed E-state index contributed by atoms with van der Waals surface area (Å²) in [7, 11) is 1.34. The lowest BCUT2D eigenvalue weighted by Gasteiger charge is -2.10. The SMILES string of the molecule is CC.CC.CNC(=O)c1ccc(Cl)c(C(F)(F)F)c1. The van der Waals surface area contributed by atoms with Crippen molar-refractivity contribution in [3.63, 3.8) is 0 Å². The van der Waals surface area contributed by atoms with Crippen LogP contribution in [0.2, 0.25) is 5.02 Å². The molecule has 0 spiro atoms. The average Bonchev–Trinajstić information content (AvgIpc) is 2.41. The number of alkyl halides is 3. The Morgan fingerprint density at radius 2 is 1.63 bits per heavy atom. The summed E-state index contributed by atoms with van der Waals surface area (Å²) in [6.07, 6.45) is -4.55. The van der Waals surface area contributed by atoms with Crippen LogP contribution >= 0.6 is 11.6 Å². The third-order valence-electron chi connectivity index (χ3n) is 1.76. The zero-order valence-corrected chi connectivity index (χ0v) is 12.4. The van der Waals surface area contributed by atoms with Crippen LogP contribution in [0.25, 0.3) is 0 Å². The highest BCUT2D eigenvalue weighted by Gasteiger charge is 2.33. The van der Waals surface area contributed by atoms with Crippen molar-refractivity contribution in [2.24, 2.45) is 0 Å². The largest absolute Gasteiger partial charge is 0.417 e. The lowest BCUT2D eigenvalue weighted by molar-refractivity contribution is -0.137. The van der Waals surface area contributed by atoms with Crippen LogP contribution in [-0.4, -0.2) is 13.0 Å². The fraction of sp³-hybridized carbons (Fsp3) is 0.462. The zero-order valence-electron chi connectivity index (χ0n) is 11.7. The van der Waals surface area contributed by atoms with Gasteiger partial charge in [-0.05, 0) is 18.2 Å². The van der Waals surface area contributed by atoms with Gasteiger partial charge in [0.15, 0.2) is 0 Å². The third kappa shape index (κ3) is 6.47. The number of amides is 1. The molecule has 0 saturated carbocycles. The topological polar surface area (TPSA) is 29.1 Å². The van der Waals surface area contributed by atoms with Crippen LogP contribution in [0, 0.1) is 0 Å². The maximum atomic E-state index is 12.4. The van der Waals surface area contributed by atoms with Gasteiger partial charge in [0.1, 0.15) is 0 Å². The molecule has 0 atom stereocenters. The van der Waals surface area contributed by atoms with Gasteiger partial charge in [-0.3, -0.25) is 4.79 Å². The van der Waals surface area contributed by atoms with Crippen molar-refractivity contribution < 1.29 is 18.0 Å². The van der Waals surface area contributed by atoms with E-state index in [1.165, 1.54) is 13.1 Å². The molecule has 1 aromatic carbocycles. The highest BCUT2D eigenvalue weighted by Crippen LogP contribution is 2.35. The van der Waals surface area contributed by atoms with Crippen LogP contribution in [-0.2, 0) is 6.18 Å². The number of carbonyl (C=O) groups is 1. The quantitative estimate of drug-likeness (QED) is 0.795. The molecule has 2 nitrogen and oxygen atoms in total. The third-order valence-corrected chi connectivity index (χ3v) is 2.09. The maximum absolute atomic E-state index is 12.4. The fourth-order valence-corrected chi connectivity index (χ4v) is 1.25. The van der Waals surface area contributed by atoms with Gasteiger partial charge in [-0.15, -0.1) is 0 Å². The molecule has 0 fully saturated rings. The number of nitrogens with one attached hydrogen (secondary N) is 1. The van der Waals surface area contributed by atoms with Gasteiger partial charge in [-0.2, -0.15) is 13.2 Å². The van der Waals surface area contributed by atoms with E-state index in [1.807, 2.05) is 27.7 Å². The first kappa shape index (κ1) is 20.1. The predicted octanol–water partition coefficient (Wildman–Crippen LogP) is 4.77. The van der Waals surface area contributed by atoms with E-state index >= 15 is 0 Å². The summed E-state index contributed by atoms with van der Waals surface area (Å²) in [5.74, 6) is -0.586. The summed E-state index contributed by atoms with van der Waals surface area (Å²) in [6, 6.07) is 3.01. The molecule has 1 aromatic rings. The summed E-state index contributed by atoms with van der Waals surface area (Å²) >= 11 is 5.38. The van der Waals surface area contributed by atoms with Gasteiger partial charge in [0.2, 0.25) is 0 Å². The van der Waals surface area contributed by atoms with Gasteiger partial charge in [0.25, 0.3) is 5.91 Å². The van der Waals surface area contributed by atoms with Crippen molar-refractivity contribution in [3.8, 4) is 0 Å². The van der Waals surface area contributed by atoms with Crippen molar-refractivity contribution in [3.05, 3.63) is 34.3 Å². The molecule has 6 heteroatoms. The zero-order chi connectivity index (χ0) is 15.6. The Morgan fingerprint density at radius 1 is 1.16 bits per heavy atom. The Kier molecular flexibility index (Phi) is 10.2. The fourth-order valence-electron chi connectivity index (χ4n) is 1.03. The van der Waals surface area contributed by atoms with Crippen molar-refractivity contribution in [1.82, 2.24) is 5.32 Å². The second kappa shape index (κ2) is 9.67. The van der Waals surface area contributed by atoms with E-state index in [2.05, 4.69) is 5.32 Å². The monoisotopic (exact) mass is 297 g/mol. The summed E-state index contributed by atoms with van der Waals surface area (Å²) in [5.41, 5.74) is -1.08. The van der Waals surface area contributed by atoms with Gasteiger partial charge in [0.05, 0.1) is 10.6 Å². The molecule has 0 heterocycles. The molecule has 0 saturated heterocycles. The molecular weight excluding hydrogens is 279 g/mol. The molecule has 0 aliphatic carbocycles. The molecular formula is C13H19ClF3NO. The van der Waals surface area contributed by atoms with Gasteiger partial charge in [-0.1, -0.05) is 39.3 Å².